The van der Waals surface area contributed by atoms with Gasteiger partial charge in [-0.15, -0.1) is 0 Å². The Bertz CT molecular complexity index is 914. The smallest absolute Gasteiger partial charge is 0.257 e. The molecule has 1 heterocycles. The van der Waals surface area contributed by atoms with Gasteiger partial charge in [0.1, 0.15) is 5.52 Å². The van der Waals surface area contributed by atoms with Crippen molar-refractivity contribution < 1.29 is 9.21 Å². The standard InChI is InChI=1S/C22H26N2O2S/c1-4-11-24(12-5-2)21(25)18-8-6-7-17(14-18)15-27-22-23-19-13-16(3)9-10-20(19)26-22/h6-10,13-14H,4-5,11-12,15H2,1-3H3. The van der Waals surface area contributed by atoms with E-state index in [4.69, 9.17) is 4.42 Å². The average Bonchev–Trinajstić information content (AvgIpc) is 3.08. The van der Waals surface area contributed by atoms with Crippen molar-refractivity contribution >= 4 is 28.8 Å². The molecule has 0 unspecified atom stereocenters. The number of nitrogens with zero attached hydrogens (tertiary/aromatic N) is 2. The van der Waals surface area contributed by atoms with Crippen molar-refractivity contribution in [2.75, 3.05) is 13.1 Å². The molecule has 0 saturated carbocycles. The molecule has 1 aromatic heterocycles. The molecule has 2 aromatic carbocycles. The maximum absolute atomic E-state index is 12.8. The molecule has 3 rings (SSSR count). The molecule has 4 nitrogen and oxygen atoms in total. The van der Waals surface area contributed by atoms with Crippen LogP contribution >= 0.6 is 11.8 Å². The molecule has 27 heavy (non-hydrogen) atoms. The maximum Gasteiger partial charge on any atom is 0.257 e. The minimum atomic E-state index is 0.114. The lowest BCUT2D eigenvalue weighted by atomic mass is 10.1. The summed E-state index contributed by atoms with van der Waals surface area (Å²) in [5.41, 5.74) is 4.71. The van der Waals surface area contributed by atoms with Crippen LogP contribution in [0.15, 0.2) is 52.1 Å². The SMILES string of the molecule is CCCN(CCC)C(=O)c1cccc(CSc2nc3cc(C)ccc3o2)c1. The summed E-state index contributed by atoms with van der Waals surface area (Å²) in [5, 5.41) is 0.658. The Kier molecular flexibility index (Phi) is 6.56. The van der Waals surface area contributed by atoms with Crippen molar-refractivity contribution in [2.45, 2.75) is 44.6 Å². The molecule has 0 aliphatic carbocycles. The molecule has 0 spiro atoms. The predicted molar refractivity (Wildman–Crippen MR) is 111 cm³/mol. The maximum atomic E-state index is 12.8. The van der Waals surface area contributed by atoms with Crippen LogP contribution in [0, 0.1) is 6.92 Å². The number of amides is 1. The van der Waals surface area contributed by atoms with Gasteiger partial charge in [0.25, 0.3) is 11.1 Å². The molecule has 0 N–H and O–H groups in total. The van der Waals surface area contributed by atoms with Crippen LogP contribution < -0.4 is 0 Å². The summed E-state index contributed by atoms with van der Waals surface area (Å²) in [5.74, 6) is 0.831. The van der Waals surface area contributed by atoms with Gasteiger partial charge in [0.15, 0.2) is 5.58 Å². The normalized spacial score (nSPS) is 11.1. The Morgan fingerprint density at radius 1 is 1.11 bits per heavy atom. The first-order valence-electron chi connectivity index (χ1n) is 9.49. The lowest BCUT2D eigenvalue weighted by Gasteiger charge is -2.21. The summed E-state index contributed by atoms with van der Waals surface area (Å²) in [6.07, 6.45) is 1.94. The van der Waals surface area contributed by atoms with Crippen molar-refractivity contribution in [3.8, 4) is 0 Å². The van der Waals surface area contributed by atoms with Crippen LogP contribution in [-0.2, 0) is 5.75 Å². The van der Waals surface area contributed by atoms with E-state index in [1.54, 1.807) is 11.8 Å². The molecule has 0 atom stereocenters. The Balaban J connectivity index is 1.70. The molecular weight excluding hydrogens is 356 g/mol. The Labute approximate surface area is 165 Å². The van der Waals surface area contributed by atoms with Crippen LogP contribution in [-0.4, -0.2) is 28.9 Å². The zero-order chi connectivity index (χ0) is 19.2. The lowest BCUT2D eigenvalue weighted by Crippen LogP contribution is -2.32. The number of carbonyl (C=O) groups is 1. The third-order valence-corrected chi connectivity index (χ3v) is 5.23. The second-order valence-corrected chi connectivity index (χ2v) is 7.66. The first kappa shape index (κ1) is 19.5. The van der Waals surface area contributed by atoms with E-state index in [1.807, 2.05) is 54.3 Å². The van der Waals surface area contributed by atoms with Gasteiger partial charge in [-0.3, -0.25) is 4.79 Å². The van der Waals surface area contributed by atoms with E-state index in [-0.39, 0.29) is 5.91 Å². The minimum absolute atomic E-state index is 0.114. The highest BCUT2D eigenvalue weighted by atomic mass is 32.2. The number of hydrogen-bond donors (Lipinski definition) is 0. The molecule has 0 aliphatic rings. The largest absolute Gasteiger partial charge is 0.431 e. The number of aromatic nitrogens is 1. The Morgan fingerprint density at radius 2 is 1.89 bits per heavy atom. The van der Waals surface area contributed by atoms with Gasteiger partial charge in [-0.2, -0.15) is 0 Å². The average molecular weight is 383 g/mol. The third kappa shape index (κ3) is 4.92. The fourth-order valence-corrected chi connectivity index (χ4v) is 3.84. The molecule has 0 saturated heterocycles. The van der Waals surface area contributed by atoms with Crippen molar-refractivity contribution in [1.29, 1.82) is 0 Å². The molecule has 1 amide bonds. The van der Waals surface area contributed by atoms with Crippen molar-refractivity contribution in [1.82, 2.24) is 9.88 Å². The van der Waals surface area contributed by atoms with E-state index in [1.165, 1.54) is 5.56 Å². The van der Waals surface area contributed by atoms with Crippen molar-refractivity contribution in [3.63, 3.8) is 0 Å². The van der Waals surface area contributed by atoms with Crippen LogP contribution in [0.5, 0.6) is 0 Å². The highest BCUT2D eigenvalue weighted by molar-refractivity contribution is 7.98. The van der Waals surface area contributed by atoms with Crippen LogP contribution in [0.2, 0.25) is 0 Å². The van der Waals surface area contributed by atoms with Gasteiger partial charge in [-0.25, -0.2) is 4.98 Å². The quantitative estimate of drug-likeness (QED) is 0.470. The summed E-state index contributed by atoms with van der Waals surface area (Å²) in [6.45, 7) is 7.85. The summed E-state index contributed by atoms with van der Waals surface area (Å²) in [4.78, 5) is 19.3. The lowest BCUT2D eigenvalue weighted by molar-refractivity contribution is 0.0755. The Morgan fingerprint density at radius 3 is 2.63 bits per heavy atom. The minimum Gasteiger partial charge on any atom is -0.431 e. The number of rotatable bonds is 8. The van der Waals surface area contributed by atoms with Gasteiger partial charge in [0.05, 0.1) is 0 Å². The highest BCUT2D eigenvalue weighted by Gasteiger charge is 2.15. The molecule has 0 fully saturated rings. The third-order valence-electron chi connectivity index (χ3n) is 4.33. The molecule has 142 valence electrons. The van der Waals surface area contributed by atoms with E-state index < -0.39 is 0 Å². The zero-order valence-electron chi connectivity index (χ0n) is 16.2. The van der Waals surface area contributed by atoms with Gasteiger partial charge < -0.3 is 9.32 Å². The van der Waals surface area contributed by atoms with Gasteiger partial charge in [-0.05, 0) is 55.2 Å². The number of carbonyl (C=O) groups excluding carboxylic acids is 1. The van der Waals surface area contributed by atoms with Crippen LogP contribution in [0.4, 0.5) is 0 Å². The van der Waals surface area contributed by atoms with Crippen molar-refractivity contribution in [2.24, 2.45) is 0 Å². The van der Waals surface area contributed by atoms with E-state index in [2.05, 4.69) is 18.8 Å². The fraction of sp³-hybridized carbons (Fsp3) is 0.364. The van der Waals surface area contributed by atoms with E-state index in [0.717, 1.165) is 48.2 Å². The number of aryl methyl sites for hydroxylation is 1. The monoisotopic (exact) mass is 382 g/mol. The first-order valence-corrected chi connectivity index (χ1v) is 10.5. The zero-order valence-corrected chi connectivity index (χ0v) is 17.0. The van der Waals surface area contributed by atoms with E-state index in [0.29, 0.717) is 11.0 Å². The summed E-state index contributed by atoms with van der Waals surface area (Å²) >= 11 is 1.55. The number of benzene rings is 2. The second-order valence-electron chi connectivity index (χ2n) is 6.73. The highest BCUT2D eigenvalue weighted by Crippen LogP contribution is 2.27. The van der Waals surface area contributed by atoms with Crippen LogP contribution in [0.3, 0.4) is 0 Å². The second kappa shape index (κ2) is 9.09. The Hall–Kier alpha value is -2.27. The molecule has 3 aromatic rings. The van der Waals surface area contributed by atoms with Crippen molar-refractivity contribution in [3.05, 3.63) is 59.2 Å². The number of oxazole rings is 1. The number of thioether (sulfide) groups is 1. The first-order chi connectivity index (χ1) is 13.1. The summed E-state index contributed by atoms with van der Waals surface area (Å²) in [6, 6.07) is 13.9. The molecule has 0 radical (unpaired) electrons. The molecule has 0 bridgehead atoms. The fourth-order valence-electron chi connectivity index (χ4n) is 3.05. The number of fused-ring (bicyclic) bond motifs is 1. The van der Waals surface area contributed by atoms with E-state index >= 15 is 0 Å². The number of hydrogen-bond acceptors (Lipinski definition) is 4. The van der Waals surface area contributed by atoms with Crippen LogP contribution in [0.25, 0.3) is 11.1 Å². The van der Waals surface area contributed by atoms with Crippen LogP contribution in [0.1, 0.15) is 48.2 Å². The summed E-state index contributed by atoms with van der Waals surface area (Å²) in [7, 11) is 0. The molecular formula is C22H26N2O2S. The van der Waals surface area contributed by atoms with Gasteiger partial charge >= 0.3 is 0 Å². The molecule has 5 heteroatoms. The van der Waals surface area contributed by atoms with Gasteiger partial charge in [0, 0.05) is 24.4 Å². The molecule has 0 aliphatic heterocycles. The van der Waals surface area contributed by atoms with Gasteiger partial charge in [-0.1, -0.05) is 43.8 Å². The van der Waals surface area contributed by atoms with E-state index in [9.17, 15) is 4.79 Å². The predicted octanol–water partition coefficient (Wildman–Crippen LogP) is 5.69. The summed E-state index contributed by atoms with van der Waals surface area (Å²) < 4.78 is 5.80. The van der Waals surface area contributed by atoms with Gasteiger partial charge in [0.2, 0.25) is 0 Å². The topological polar surface area (TPSA) is 46.3 Å².